The average molecular weight is 675 g/mol. The van der Waals surface area contributed by atoms with Crippen molar-refractivity contribution >= 4 is 39.4 Å². The third kappa shape index (κ3) is 10.4. The standard InChI is InChI=1S/C29H41F3N6O5S2/c1-45(41,42)37-23(8-4-18-10-12-35-13-11-18)28(40)38-16-21(43-17-19-2-5-20(6-3-19)29(30,31)32)14-24(38)27(39)36-15-22-7-9-25(44-22)26(33)34/h2-3,5-6,9,18,21-24,35,37H,4,7-8,10-17H2,1H3,(H3,33,34)(H,36,39)/t21-,22?,23-,24+/m1/s1. The Balaban J connectivity index is 1.45. The Kier molecular flexibility index (Phi) is 12.0. The topological polar surface area (TPSA) is 167 Å². The van der Waals surface area contributed by atoms with Gasteiger partial charge in [-0.3, -0.25) is 15.0 Å². The van der Waals surface area contributed by atoms with E-state index in [1.54, 1.807) is 0 Å². The van der Waals surface area contributed by atoms with E-state index in [0.29, 0.717) is 29.2 Å². The zero-order valence-electron chi connectivity index (χ0n) is 25.1. The second-order valence-electron chi connectivity index (χ2n) is 11.8. The number of rotatable bonds is 13. The molecule has 1 aromatic carbocycles. The number of ether oxygens (including phenoxy) is 1. The number of hydrogen-bond acceptors (Lipinski definition) is 8. The van der Waals surface area contributed by atoms with E-state index in [1.807, 2.05) is 6.08 Å². The number of benzene rings is 1. The molecule has 0 bridgehead atoms. The summed E-state index contributed by atoms with van der Waals surface area (Å²) in [4.78, 5) is 29.4. The van der Waals surface area contributed by atoms with Crippen molar-refractivity contribution in [3.63, 3.8) is 0 Å². The molecule has 0 saturated carbocycles. The third-order valence-corrected chi connectivity index (χ3v) is 10.3. The summed E-state index contributed by atoms with van der Waals surface area (Å²) in [5, 5.41) is 13.8. The Morgan fingerprint density at radius 3 is 2.51 bits per heavy atom. The van der Waals surface area contributed by atoms with Gasteiger partial charge in [-0.1, -0.05) is 18.2 Å². The summed E-state index contributed by atoms with van der Waals surface area (Å²) < 4.78 is 71.9. The van der Waals surface area contributed by atoms with Gasteiger partial charge in [-0.25, -0.2) is 13.1 Å². The highest BCUT2D eigenvalue weighted by Crippen LogP contribution is 2.32. The fraction of sp³-hybridized carbons (Fsp3) is 0.621. The molecule has 45 heavy (non-hydrogen) atoms. The zero-order valence-corrected chi connectivity index (χ0v) is 26.7. The molecular weight excluding hydrogens is 633 g/mol. The van der Waals surface area contributed by atoms with Crippen molar-refractivity contribution in [1.82, 2.24) is 20.3 Å². The molecule has 3 aliphatic heterocycles. The minimum atomic E-state index is -4.46. The number of hydrogen-bond donors (Lipinski definition) is 5. The molecule has 0 radical (unpaired) electrons. The first-order valence-corrected chi connectivity index (χ1v) is 17.7. The minimum Gasteiger partial charge on any atom is -0.383 e. The van der Waals surface area contributed by atoms with E-state index in [-0.39, 0.29) is 43.6 Å². The third-order valence-electron chi connectivity index (χ3n) is 8.22. The van der Waals surface area contributed by atoms with E-state index in [2.05, 4.69) is 15.4 Å². The SMILES string of the molecule is CS(=O)(=O)N[C@H](CCC1CCNCC1)C(=O)N1C[C@H](OCc2ccc(C(F)(F)F)cc2)C[C@H]1C(=O)NCC1CC=C(C(=N)N)S1. The molecule has 1 aromatic rings. The number of allylic oxidation sites excluding steroid dienone is 1. The molecule has 1 unspecified atom stereocenters. The Morgan fingerprint density at radius 2 is 1.91 bits per heavy atom. The lowest BCUT2D eigenvalue weighted by molar-refractivity contribution is -0.140. The monoisotopic (exact) mass is 674 g/mol. The lowest BCUT2D eigenvalue weighted by Gasteiger charge is -2.30. The molecule has 3 heterocycles. The lowest BCUT2D eigenvalue weighted by Crippen LogP contribution is -2.54. The van der Waals surface area contributed by atoms with Crippen LogP contribution in [0.3, 0.4) is 0 Å². The Morgan fingerprint density at radius 1 is 1.22 bits per heavy atom. The van der Waals surface area contributed by atoms with Crippen LogP contribution in [0.25, 0.3) is 0 Å². The van der Waals surface area contributed by atoms with Crippen LogP contribution in [0.1, 0.15) is 49.7 Å². The first-order chi connectivity index (χ1) is 21.2. The van der Waals surface area contributed by atoms with Crippen LogP contribution < -0.4 is 21.1 Å². The van der Waals surface area contributed by atoms with Crippen LogP contribution in [-0.4, -0.2) is 86.8 Å². The van der Waals surface area contributed by atoms with E-state index in [9.17, 15) is 31.2 Å². The van der Waals surface area contributed by atoms with E-state index >= 15 is 0 Å². The molecule has 6 N–H and O–H groups in total. The van der Waals surface area contributed by atoms with Crippen LogP contribution in [0.5, 0.6) is 0 Å². The second kappa shape index (κ2) is 15.3. The Hall–Kier alpha value is -2.66. The highest BCUT2D eigenvalue weighted by atomic mass is 32.2. The van der Waals surface area contributed by atoms with Gasteiger partial charge in [0.05, 0.1) is 24.5 Å². The fourth-order valence-corrected chi connectivity index (χ4v) is 7.60. The summed E-state index contributed by atoms with van der Waals surface area (Å²) in [6.45, 7) is 1.97. The summed E-state index contributed by atoms with van der Waals surface area (Å²) >= 11 is 1.39. The average Bonchev–Trinajstić information content (AvgIpc) is 3.64. The molecule has 0 spiro atoms. The highest BCUT2D eigenvalue weighted by Gasteiger charge is 2.43. The summed E-state index contributed by atoms with van der Waals surface area (Å²) in [7, 11) is -3.75. The largest absolute Gasteiger partial charge is 0.416 e. The van der Waals surface area contributed by atoms with Crippen LogP contribution in [-0.2, 0) is 37.1 Å². The number of sulfonamides is 1. The normalized spacial score (nSPS) is 23.5. The number of alkyl halides is 3. The number of likely N-dealkylation sites (tertiary alicyclic amines) is 1. The maximum Gasteiger partial charge on any atom is 0.416 e. The predicted molar refractivity (Wildman–Crippen MR) is 166 cm³/mol. The van der Waals surface area contributed by atoms with Gasteiger partial charge in [-0.15, -0.1) is 11.8 Å². The zero-order chi connectivity index (χ0) is 32.8. The van der Waals surface area contributed by atoms with Crippen molar-refractivity contribution in [1.29, 1.82) is 5.41 Å². The van der Waals surface area contributed by atoms with Gasteiger partial charge in [-0.2, -0.15) is 13.2 Å². The first-order valence-electron chi connectivity index (χ1n) is 14.9. The molecule has 2 fully saturated rings. The Bertz CT molecular complexity index is 1350. The van der Waals surface area contributed by atoms with Crippen molar-refractivity contribution in [2.45, 2.75) is 74.7 Å². The number of nitrogens with one attached hydrogen (secondary N) is 4. The number of thioether (sulfide) groups is 1. The number of nitrogens with zero attached hydrogens (tertiary/aromatic N) is 1. The van der Waals surface area contributed by atoms with E-state index in [4.69, 9.17) is 15.9 Å². The lowest BCUT2D eigenvalue weighted by atomic mass is 9.91. The van der Waals surface area contributed by atoms with Crippen molar-refractivity contribution in [2.24, 2.45) is 11.7 Å². The molecule has 2 amide bonds. The maximum absolute atomic E-state index is 13.9. The van der Waals surface area contributed by atoms with Gasteiger partial charge in [0, 0.05) is 29.7 Å². The number of amides is 2. The summed E-state index contributed by atoms with van der Waals surface area (Å²) in [6, 6.07) is 2.57. The fourth-order valence-electron chi connectivity index (χ4n) is 5.82. The number of carbonyl (C=O) groups excluding carboxylic acids is 2. The van der Waals surface area contributed by atoms with Gasteiger partial charge in [0.15, 0.2) is 0 Å². The van der Waals surface area contributed by atoms with Gasteiger partial charge in [0.2, 0.25) is 21.8 Å². The van der Waals surface area contributed by atoms with Crippen LogP contribution in [0, 0.1) is 11.3 Å². The van der Waals surface area contributed by atoms with Crippen LogP contribution in [0.15, 0.2) is 35.2 Å². The quantitative estimate of drug-likeness (QED) is 0.157. The van der Waals surface area contributed by atoms with Crippen molar-refractivity contribution in [3.8, 4) is 0 Å². The van der Waals surface area contributed by atoms with Crippen LogP contribution >= 0.6 is 11.8 Å². The van der Waals surface area contributed by atoms with Gasteiger partial charge in [-0.05, 0) is 68.8 Å². The molecule has 0 aromatic heterocycles. The number of piperidine rings is 1. The summed E-state index contributed by atoms with van der Waals surface area (Å²) in [6.07, 6.45) is 1.27. The molecule has 11 nitrogen and oxygen atoms in total. The van der Waals surface area contributed by atoms with Crippen LogP contribution in [0.2, 0.25) is 0 Å². The van der Waals surface area contributed by atoms with Gasteiger partial charge in [0.25, 0.3) is 0 Å². The number of amidine groups is 1. The number of halogens is 3. The van der Waals surface area contributed by atoms with E-state index < -0.39 is 51.8 Å². The molecule has 16 heteroatoms. The van der Waals surface area contributed by atoms with Gasteiger partial charge >= 0.3 is 6.18 Å². The van der Waals surface area contributed by atoms with Crippen molar-refractivity contribution < 1.29 is 35.9 Å². The maximum atomic E-state index is 13.9. The molecule has 3 aliphatic rings. The molecule has 4 rings (SSSR count). The van der Waals surface area contributed by atoms with Crippen molar-refractivity contribution in [2.75, 3.05) is 32.4 Å². The van der Waals surface area contributed by atoms with Gasteiger partial charge in [0.1, 0.15) is 17.9 Å². The summed E-state index contributed by atoms with van der Waals surface area (Å²) in [5.41, 5.74) is 5.29. The smallest absolute Gasteiger partial charge is 0.383 e. The molecular formula is C29H41F3N6O5S2. The van der Waals surface area contributed by atoms with Crippen molar-refractivity contribution in [3.05, 3.63) is 46.4 Å². The van der Waals surface area contributed by atoms with E-state index in [1.165, 1.54) is 28.8 Å². The Labute approximate surface area is 265 Å². The molecule has 2 saturated heterocycles. The molecule has 4 atom stereocenters. The number of carbonyl (C=O) groups is 2. The molecule has 0 aliphatic carbocycles. The summed E-state index contributed by atoms with van der Waals surface area (Å²) in [5.74, 6) is -0.635. The first kappa shape index (κ1) is 35.2. The molecule has 250 valence electrons. The van der Waals surface area contributed by atoms with E-state index in [0.717, 1.165) is 44.3 Å². The van der Waals surface area contributed by atoms with Gasteiger partial charge < -0.3 is 26.0 Å². The van der Waals surface area contributed by atoms with Crippen LogP contribution in [0.4, 0.5) is 13.2 Å². The number of nitrogens with two attached hydrogens (primary N) is 1. The second-order valence-corrected chi connectivity index (χ2v) is 14.9. The predicted octanol–water partition coefficient (Wildman–Crippen LogP) is 2.33. The highest BCUT2D eigenvalue weighted by molar-refractivity contribution is 8.04. The minimum absolute atomic E-state index is 0.0149.